The summed E-state index contributed by atoms with van der Waals surface area (Å²) in [5.74, 6) is -1.23. The van der Waals surface area contributed by atoms with Crippen LogP contribution < -0.4 is 4.72 Å². The number of nitrogens with one attached hydrogen (secondary N) is 2. The fourth-order valence-corrected chi connectivity index (χ4v) is 4.97. The van der Waals surface area contributed by atoms with Crippen LogP contribution in [0.15, 0.2) is 83.9 Å². The fourth-order valence-electron chi connectivity index (χ4n) is 3.42. The average molecular weight is 546 g/mol. The minimum Gasteiger partial charge on any atom is -0.480 e. The van der Waals surface area contributed by atoms with Crippen LogP contribution in [-0.4, -0.2) is 30.5 Å². The highest BCUT2D eigenvalue weighted by atomic mass is 127. The number of aromatic amines is 1. The molecule has 1 unspecified atom stereocenters. The maximum atomic E-state index is 12.8. The molecule has 8 heteroatoms. The number of sulfonamides is 1. The molecular weight excluding hydrogens is 527 g/mol. The third kappa shape index (κ3) is 4.81. The molecule has 3 aromatic carbocycles. The van der Waals surface area contributed by atoms with Crippen molar-refractivity contribution in [3.63, 3.8) is 0 Å². The maximum Gasteiger partial charge on any atom is 0.322 e. The number of hydrogen-bond donors (Lipinski definition) is 3. The number of para-hydroxylation sites is 1. The van der Waals surface area contributed by atoms with Crippen LogP contribution in [0, 0.1) is 3.57 Å². The van der Waals surface area contributed by atoms with Crippen molar-refractivity contribution in [3.05, 3.63) is 88.1 Å². The molecular formula is C23H19IN2O4S. The van der Waals surface area contributed by atoms with Gasteiger partial charge in [0, 0.05) is 27.1 Å². The van der Waals surface area contributed by atoms with Gasteiger partial charge in [0.15, 0.2) is 0 Å². The van der Waals surface area contributed by atoms with Crippen molar-refractivity contribution in [2.24, 2.45) is 0 Å². The number of aromatic nitrogens is 1. The highest BCUT2D eigenvalue weighted by Crippen LogP contribution is 2.23. The molecule has 158 valence electrons. The molecule has 0 aliphatic rings. The lowest BCUT2D eigenvalue weighted by atomic mass is 10.1. The second-order valence-electron chi connectivity index (χ2n) is 7.11. The van der Waals surface area contributed by atoms with Gasteiger partial charge in [-0.3, -0.25) is 4.79 Å². The normalized spacial score (nSPS) is 12.7. The molecule has 0 radical (unpaired) electrons. The zero-order chi connectivity index (χ0) is 22.0. The molecule has 0 bridgehead atoms. The number of halogens is 1. The molecule has 0 saturated heterocycles. The van der Waals surface area contributed by atoms with Crippen LogP contribution in [0.4, 0.5) is 0 Å². The number of hydrogen-bond acceptors (Lipinski definition) is 3. The molecule has 0 fully saturated rings. The lowest BCUT2D eigenvalue weighted by Crippen LogP contribution is -2.42. The van der Waals surface area contributed by atoms with Crippen molar-refractivity contribution in [2.75, 3.05) is 0 Å². The molecule has 4 rings (SSSR count). The summed E-state index contributed by atoms with van der Waals surface area (Å²) < 4.78 is 29.1. The molecule has 1 heterocycles. The Labute approximate surface area is 193 Å². The number of aliphatic carboxylic acids is 1. The van der Waals surface area contributed by atoms with E-state index in [9.17, 15) is 18.3 Å². The Hall–Kier alpha value is -2.69. The Balaban J connectivity index is 1.55. The van der Waals surface area contributed by atoms with Crippen LogP contribution in [0.1, 0.15) is 5.56 Å². The third-order valence-electron chi connectivity index (χ3n) is 5.04. The van der Waals surface area contributed by atoms with E-state index in [1.54, 1.807) is 18.3 Å². The van der Waals surface area contributed by atoms with Crippen molar-refractivity contribution in [1.82, 2.24) is 9.71 Å². The summed E-state index contributed by atoms with van der Waals surface area (Å²) in [6.45, 7) is 0. The van der Waals surface area contributed by atoms with E-state index in [0.717, 1.165) is 31.2 Å². The Bertz CT molecular complexity index is 1330. The predicted octanol–water partition coefficient (Wildman–Crippen LogP) is 4.41. The molecule has 0 aliphatic heterocycles. The van der Waals surface area contributed by atoms with Gasteiger partial charge in [-0.15, -0.1) is 0 Å². The zero-order valence-corrected chi connectivity index (χ0v) is 19.2. The van der Waals surface area contributed by atoms with E-state index in [2.05, 4.69) is 32.3 Å². The highest BCUT2D eigenvalue weighted by molar-refractivity contribution is 14.1. The first-order valence-corrected chi connectivity index (χ1v) is 12.1. The zero-order valence-electron chi connectivity index (χ0n) is 16.2. The SMILES string of the molecule is O=C(O)C(Cc1c[nH]c2ccccc12)NS(=O)(=O)c1ccc(-c2ccc(I)cc2)cc1. The van der Waals surface area contributed by atoms with Crippen molar-refractivity contribution in [1.29, 1.82) is 0 Å². The summed E-state index contributed by atoms with van der Waals surface area (Å²) in [5, 5.41) is 10.5. The largest absolute Gasteiger partial charge is 0.480 e. The van der Waals surface area contributed by atoms with Crippen molar-refractivity contribution in [3.8, 4) is 11.1 Å². The number of benzene rings is 3. The Morgan fingerprint density at radius 2 is 1.58 bits per heavy atom. The van der Waals surface area contributed by atoms with Crippen LogP contribution in [0.25, 0.3) is 22.0 Å². The molecule has 1 atom stereocenters. The number of carboxylic acid groups (broad SMARTS) is 1. The van der Waals surface area contributed by atoms with Gasteiger partial charge in [-0.05, 0) is 69.6 Å². The van der Waals surface area contributed by atoms with Gasteiger partial charge in [0.1, 0.15) is 6.04 Å². The number of carbonyl (C=O) groups is 1. The van der Waals surface area contributed by atoms with Crippen LogP contribution >= 0.6 is 22.6 Å². The van der Waals surface area contributed by atoms with Crippen LogP contribution in [-0.2, 0) is 21.2 Å². The summed E-state index contributed by atoms with van der Waals surface area (Å²) in [7, 11) is -4.01. The van der Waals surface area contributed by atoms with Gasteiger partial charge in [-0.2, -0.15) is 4.72 Å². The van der Waals surface area contributed by atoms with E-state index in [4.69, 9.17) is 0 Å². The van der Waals surface area contributed by atoms with Gasteiger partial charge < -0.3 is 10.1 Å². The molecule has 0 amide bonds. The van der Waals surface area contributed by atoms with E-state index in [1.165, 1.54) is 12.1 Å². The fraction of sp³-hybridized carbons (Fsp3) is 0.0870. The van der Waals surface area contributed by atoms with Crippen molar-refractivity contribution in [2.45, 2.75) is 17.4 Å². The number of carboxylic acids is 1. The molecule has 0 saturated carbocycles. The van der Waals surface area contributed by atoms with Gasteiger partial charge in [0.25, 0.3) is 0 Å². The van der Waals surface area contributed by atoms with E-state index in [0.29, 0.717) is 0 Å². The quantitative estimate of drug-likeness (QED) is 0.299. The minimum atomic E-state index is -4.01. The lowest BCUT2D eigenvalue weighted by Gasteiger charge is -2.15. The van der Waals surface area contributed by atoms with E-state index >= 15 is 0 Å². The maximum absolute atomic E-state index is 12.8. The summed E-state index contributed by atoms with van der Waals surface area (Å²) in [5.41, 5.74) is 3.46. The third-order valence-corrected chi connectivity index (χ3v) is 7.24. The first-order valence-electron chi connectivity index (χ1n) is 9.49. The standard InChI is InChI=1S/C23H19IN2O4S/c24-18-9-5-15(6-10-18)16-7-11-19(12-8-16)31(29,30)26-22(23(27)28)13-17-14-25-21-4-2-1-3-20(17)21/h1-12,14,22,25-26H,13H2,(H,27,28). The summed E-state index contributed by atoms with van der Waals surface area (Å²) in [6, 6.07) is 20.5. The van der Waals surface area contributed by atoms with Gasteiger partial charge in [-0.1, -0.05) is 42.5 Å². The summed E-state index contributed by atoms with van der Waals surface area (Å²) in [6.07, 6.45) is 1.74. The van der Waals surface area contributed by atoms with Crippen LogP contribution in [0.3, 0.4) is 0 Å². The molecule has 6 nitrogen and oxygen atoms in total. The van der Waals surface area contributed by atoms with Gasteiger partial charge in [0.05, 0.1) is 4.90 Å². The Morgan fingerprint density at radius 1 is 0.968 bits per heavy atom. The molecule has 0 spiro atoms. The van der Waals surface area contributed by atoms with E-state index in [1.807, 2.05) is 48.5 Å². The molecule has 4 aromatic rings. The molecule has 1 aromatic heterocycles. The predicted molar refractivity (Wildman–Crippen MR) is 128 cm³/mol. The minimum absolute atomic E-state index is 0.0203. The second kappa shape index (κ2) is 8.81. The van der Waals surface area contributed by atoms with E-state index < -0.39 is 22.0 Å². The van der Waals surface area contributed by atoms with Crippen molar-refractivity contribution >= 4 is 49.5 Å². The second-order valence-corrected chi connectivity index (χ2v) is 10.1. The number of rotatable bonds is 7. The van der Waals surface area contributed by atoms with Crippen molar-refractivity contribution < 1.29 is 18.3 Å². The first kappa shape index (κ1) is 21.5. The topological polar surface area (TPSA) is 99.3 Å². The highest BCUT2D eigenvalue weighted by Gasteiger charge is 2.26. The van der Waals surface area contributed by atoms with E-state index in [-0.39, 0.29) is 11.3 Å². The van der Waals surface area contributed by atoms with Gasteiger partial charge >= 0.3 is 5.97 Å². The smallest absolute Gasteiger partial charge is 0.322 e. The van der Waals surface area contributed by atoms with Gasteiger partial charge in [0.2, 0.25) is 10.0 Å². The number of H-pyrrole nitrogens is 1. The summed E-state index contributed by atoms with van der Waals surface area (Å²) >= 11 is 2.22. The molecule has 3 N–H and O–H groups in total. The Kier molecular flexibility index (Phi) is 6.12. The number of fused-ring (bicyclic) bond motifs is 1. The molecule has 31 heavy (non-hydrogen) atoms. The Morgan fingerprint density at radius 3 is 2.23 bits per heavy atom. The van der Waals surface area contributed by atoms with Gasteiger partial charge in [-0.25, -0.2) is 8.42 Å². The molecule has 0 aliphatic carbocycles. The average Bonchev–Trinajstić information content (AvgIpc) is 3.17. The summed E-state index contributed by atoms with van der Waals surface area (Å²) in [4.78, 5) is 14.9. The first-order chi connectivity index (χ1) is 14.8. The lowest BCUT2D eigenvalue weighted by molar-refractivity contribution is -0.138. The van der Waals surface area contributed by atoms with Crippen LogP contribution in [0.2, 0.25) is 0 Å². The van der Waals surface area contributed by atoms with Crippen LogP contribution in [0.5, 0.6) is 0 Å². The monoisotopic (exact) mass is 546 g/mol.